The molecule has 0 spiro atoms. The second-order valence-electron chi connectivity index (χ2n) is 2.95. The van der Waals surface area contributed by atoms with Crippen molar-refractivity contribution in [3.63, 3.8) is 0 Å². The van der Waals surface area contributed by atoms with Crippen molar-refractivity contribution in [3.05, 3.63) is 16.7 Å². The van der Waals surface area contributed by atoms with E-state index >= 15 is 0 Å². The second-order valence-corrected chi connectivity index (χ2v) is 2.95. The van der Waals surface area contributed by atoms with Gasteiger partial charge in [0.15, 0.2) is 0 Å². The van der Waals surface area contributed by atoms with Crippen molar-refractivity contribution >= 4 is 0 Å². The van der Waals surface area contributed by atoms with E-state index in [4.69, 9.17) is 14.2 Å². The van der Waals surface area contributed by atoms with Gasteiger partial charge in [-0.15, -0.1) is 0 Å². The predicted octanol–water partition coefficient (Wildman–Crippen LogP) is 0.192. The number of aromatic amines is 1. The van der Waals surface area contributed by atoms with E-state index in [1.807, 2.05) is 6.92 Å². The molecule has 0 bridgehead atoms. The number of methoxy groups -OCH3 is 2. The number of nitrogens with one attached hydrogen (secondary N) is 1. The average Bonchev–Trinajstić information content (AvgIpc) is 2.18. The van der Waals surface area contributed by atoms with Gasteiger partial charge in [-0.3, -0.25) is 4.79 Å². The summed E-state index contributed by atoms with van der Waals surface area (Å²) < 4.78 is 15.2. The number of hydrogen-bond donors (Lipinski definition) is 1. The van der Waals surface area contributed by atoms with Gasteiger partial charge in [0.05, 0.1) is 20.0 Å². The normalized spacial score (nSPS) is 12.2. The SMILES string of the molecule is COCC(C)Oc1nc[nH]c(=O)c1OC. The van der Waals surface area contributed by atoms with Crippen molar-refractivity contribution in [3.8, 4) is 11.6 Å². The molecule has 1 N–H and O–H groups in total. The van der Waals surface area contributed by atoms with Crippen LogP contribution in [-0.4, -0.2) is 36.9 Å². The molecule has 0 saturated heterocycles. The summed E-state index contributed by atoms with van der Waals surface area (Å²) >= 11 is 0. The molecule has 0 aliphatic rings. The summed E-state index contributed by atoms with van der Waals surface area (Å²) in [6, 6.07) is 0. The molecule has 6 nitrogen and oxygen atoms in total. The minimum atomic E-state index is -0.368. The smallest absolute Gasteiger partial charge is 0.297 e. The molecule has 1 unspecified atom stereocenters. The van der Waals surface area contributed by atoms with Crippen LogP contribution in [0.4, 0.5) is 0 Å². The minimum Gasteiger partial charge on any atom is -0.487 e. The molecule has 1 atom stereocenters. The fraction of sp³-hybridized carbons (Fsp3) is 0.556. The van der Waals surface area contributed by atoms with Gasteiger partial charge in [0, 0.05) is 7.11 Å². The van der Waals surface area contributed by atoms with Crippen LogP contribution in [0.5, 0.6) is 11.6 Å². The van der Waals surface area contributed by atoms with Crippen LogP contribution >= 0.6 is 0 Å². The van der Waals surface area contributed by atoms with Crippen LogP contribution in [0.3, 0.4) is 0 Å². The standard InChI is InChI=1S/C9H14N2O4/c1-6(4-13-2)15-9-7(14-3)8(12)10-5-11-9/h5-6H,4H2,1-3H3,(H,10,11,12). The summed E-state index contributed by atoms with van der Waals surface area (Å²) in [5, 5.41) is 0. The van der Waals surface area contributed by atoms with Gasteiger partial charge >= 0.3 is 0 Å². The van der Waals surface area contributed by atoms with Gasteiger partial charge in [-0.25, -0.2) is 4.98 Å². The zero-order chi connectivity index (χ0) is 11.3. The van der Waals surface area contributed by atoms with E-state index in [9.17, 15) is 4.79 Å². The molecular formula is C9H14N2O4. The van der Waals surface area contributed by atoms with E-state index in [1.165, 1.54) is 13.4 Å². The molecule has 6 heteroatoms. The topological polar surface area (TPSA) is 73.4 Å². The van der Waals surface area contributed by atoms with Gasteiger partial charge in [-0.05, 0) is 6.92 Å². The molecule has 1 rings (SSSR count). The highest BCUT2D eigenvalue weighted by atomic mass is 16.5. The molecule has 0 amide bonds. The fourth-order valence-corrected chi connectivity index (χ4v) is 1.09. The maximum absolute atomic E-state index is 11.3. The zero-order valence-corrected chi connectivity index (χ0v) is 8.94. The third-order valence-electron chi connectivity index (χ3n) is 1.70. The van der Waals surface area contributed by atoms with Crippen LogP contribution < -0.4 is 15.0 Å². The lowest BCUT2D eigenvalue weighted by Gasteiger charge is -2.13. The van der Waals surface area contributed by atoms with Crippen LogP contribution in [-0.2, 0) is 4.74 Å². The molecule has 0 aliphatic carbocycles. The summed E-state index contributed by atoms with van der Waals surface area (Å²) in [6.07, 6.45) is 1.07. The lowest BCUT2D eigenvalue weighted by Crippen LogP contribution is -2.21. The maximum atomic E-state index is 11.3. The highest BCUT2D eigenvalue weighted by Crippen LogP contribution is 2.18. The lowest BCUT2D eigenvalue weighted by atomic mass is 10.4. The van der Waals surface area contributed by atoms with Crippen LogP contribution in [0.25, 0.3) is 0 Å². The predicted molar refractivity (Wildman–Crippen MR) is 53.4 cm³/mol. The van der Waals surface area contributed by atoms with E-state index in [1.54, 1.807) is 7.11 Å². The molecule has 15 heavy (non-hydrogen) atoms. The fourth-order valence-electron chi connectivity index (χ4n) is 1.09. The number of ether oxygens (including phenoxy) is 3. The Morgan fingerprint density at radius 2 is 2.27 bits per heavy atom. The van der Waals surface area contributed by atoms with Crippen LogP contribution in [0.1, 0.15) is 6.92 Å². The molecule has 1 aromatic rings. The Bertz CT molecular complexity index is 363. The van der Waals surface area contributed by atoms with Gasteiger partial charge in [0.2, 0.25) is 5.75 Å². The Balaban J connectivity index is 2.84. The second kappa shape index (κ2) is 5.35. The zero-order valence-electron chi connectivity index (χ0n) is 8.94. The van der Waals surface area contributed by atoms with E-state index in [0.29, 0.717) is 6.61 Å². The summed E-state index contributed by atoms with van der Waals surface area (Å²) in [6.45, 7) is 2.23. The first-order valence-corrected chi connectivity index (χ1v) is 4.46. The molecule has 1 heterocycles. The first-order valence-electron chi connectivity index (χ1n) is 4.46. The Morgan fingerprint density at radius 3 is 2.87 bits per heavy atom. The van der Waals surface area contributed by atoms with Crippen LogP contribution in [0.2, 0.25) is 0 Å². The van der Waals surface area contributed by atoms with Crippen LogP contribution in [0.15, 0.2) is 11.1 Å². The number of H-pyrrole nitrogens is 1. The number of hydrogen-bond acceptors (Lipinski definition) is 5. The minimum absolute atomic E-state index is 0.0699. The first kappa shape index (κ1) is 11.5. The van der Waals surface area contributed by atoms with Crippen molar-refractivity contribution in [1.29, 1.82) is 0 Å². The molecule has 84 valence electrons. The largest absolute Gasteiger partial charge is 0.487 e. The molecule has 1 aromatic heterocycles. The van der Waals surface area contributed by atoms with Crippen molar-refractivity contribution in [2.45, 2.75) is 13.0 Å². The van der Waals surface area contributed by atoms with Crippen molar-refractivity contribution in [1.82, 2.24) is 9.97 Å². The highest BCUT2D eigenvalue weighted by Gasteiger charge is 2.13. The van der Waals surface area contributed by atoms with Crippen molar-refractivity contribution in [2.24, 2.45) is 0 Å². The van der Waals surface area contributed by atoms with Crippen molar-refractivity contribution < 1.29 is 14.2 Å². The first-order chi connectivity index (χ1) is 7.19. The molecule has 0 fully saturated rings. The Hall–Kier alpha value is -1.56. The summed E-state index contributed by atoms with van der Waals surface area (Å²) in [5.74, 6) is 0.242. The summed E-state index contributed by atoms with van der Waals surface area (Å²) in [5.41, 5.74) is -0.368. The Morgan fingerprint density at radius 1 is 1.53 bits per heavy atom. The maximum Gasteiger partial charge on any atom is 0.297 e. The Kier molecular flexibility index (Phi) is 4.11. The molecule has 0 saturated carbocycles. The highest BCUT2D eigenvalue weighted by molar-refractivity contribution is 5.29. The molecule has 0 aromatic carbocycles. The summed E-state index contributed by atoms with van der Waals surface area (Å²) in [4.78, 5) is 17.5. The summed E-state index contributed by atoms with van der Waals surface area (Å²) in [7, 11) is 2.96. The number of rotatable bonds is 5. The van der Waals surface area contributed by atoms with Gasteiger partial charge in [-0.1, -0.05) is 0 Å². The van der Waals surface area contributed by atoms with Crippen molar-refractivity contribution in [2.75, 3.05) is 20.8 Å². The van der Waals surface area contributed by atoms with Crippen LogP contribution in [0, 0.1) is 0 Å². The van der Waals surface area contributed by atoms with E-state index in [2.05, 4.69) is 9.97 Å². The number of nitrogens with zero attached hydrogens (tertiary/aromatic N) is 1. The molecular weight excluding hydrogens is 200 g/mol. The third kappa shape index (κ3) is 2.95. The molecule has 0 radical (unpaired) electrons. The van der Waals surface area contributed by atoms with E-state index in [-0.39, 0.29) is 23.3 Å². The quantitative estimate of drug-likeness (QED) is 0.757. The van der Waals surface area contributed by atoms with Gasteiger partial charge < -0.3 is 19.2 Å². The Labute approximate surface area is 87.2 Å². The average molecular weight is 214 g/mol. The molecule has 0 aliphatic heterocycles. The van der Waals surface area contributed by atoms with Gasteiger partial charge in [0.1, 0.15) is 6.10 Å². The monoisotopic (exact) mass is 214 g/mol. The van der Waals surface area contributed by atoms with Gasteiger partial charge in [0.25, 0.3) is 11.4 Å². The van der Waals surface area contributed by atoms with E-state index < -0.39 is 0 Å². The van der Waals surface area contributed by atoms with Gasteiger partial charge in [-0.2, -0.15) is 0 Å². The lowest BCUT2D eigenvalue weighted by molar-refractivity contribution is 0.0863. The number of aromatic nitrogens is 2. The van der Waals surface area contributed by atoms with E-state index in [0.717, 1.165) is 0 Å². The third-order valence-corrected chi connectivity index (χ3v) is 1.70.